The van der Waals surface area contributed by atoms with E-state index in [0.717, 1.165) is 11.3 Å². The lowest BCUT2D eigenvalue weighted by molar-refractivity contribution is 0.611. The van der Waals surface area contributed by atoms with Gasteiger partial charge in [-0.05, 0) is 31.5 Å². The third-order valence-electron chi connectivity index (χ3n) is 1.89. The number of hydrogen-bond acceptors (Lipinski definition) is 3. The van der Waals surface area contributed by atoms with Crippen molar-refractivity contribution in [2.75, 3.05) is 0 Å². The second-order valence-electron chi connectivity index (χ2n) is 3.20. The zero-order valence-corrected chi connectivity index (χ0v) is 8.04. The van der Waals surface area contributed by atoms with Crippen LogP contribution in [0.25, 0.3) is 0 Å². The Morgan fingerprint density at radius 1 is 1.69 bits per heavy atom. The number of aromatic nitrogens is 1. The Hall–Kier alpha value is -1.19. The van der Waals surface area contributed by atoms with Gasteiger partial charge in [-0.15, -0.1) is 0 Å². The monoisotopic (exact) mass is 177 g/mol. The van der Waals surface area contributed by atoms with Crippen LogP contribution in [0, 0.1) is 6.92 Å². The van der Waals surface area contributed by atoms with Crippen LogP contribution >= 0.6 is 0 Å². The van der Waals surface area contributed by atoms with E-state index in [0.29, 0.717) is 0 Å². The van der Waals surface area contributed by atoms with Crippen molar-refractivity contribution >= 4 is 0 Å². The van der Waals surface area contributed by atoms with Crippen molar-refractivity contribution in [1.29, 1.82) is 0 Å². The Morgan fingerprint density at radius 2 is 2.38 bits per heavy atom. The van der Waals surface area contributed by atoms with Crippen molar-refractivity contribution in [3.8, 4) is 0 Å². The van der Waals surface area contributed by atoms with Crippen molar-refractivity contribution in [3.05, 3.63) is 41.7 Å². The zero-order valence-electron chi connectivity index (χ0n) is 8.04. The summed E-state index contributed by atoms with van der Waals surface area (Å²) in [6.07, 6.45) is 1.78. The number of rotatable bonds is 3. The molecule has 1 heterocycles. The first-order chi connectivity index (χ1) is 6.15. The maximum atomic E-state index is 5.40. The van der Waals surface area contributed by atoms with E-state index in [9.17, 15) is 0 Å². The largest absolute Gasteiger partial charge is 0.271 e. The Morgan fingerprint density at radius 3 is 2.85 bits per heavy atom. The molecule has 3 nitrogen and oxygen atoms in total. The molecule has 0 aliphatic heterocycles. The van der Waals surface area contributed by atoms with Gasteiger partial charge in [0.1, 0.15) is 0 Å². The van der Waals surface area contributed by atoms with Crippen LogP contribution in [0.2, 0.25) is 0 Å². The first-order valence-corrected chi connectivity index (χ1v) is 4.19. The second kappa shape index (κ2) is 4.16. The average molecular weight is 177 g/mol. The van der Waals surface area contributed by atoms with Crippen LogP contribution in [0.1, 0.15) is 24.2 Å². The summed E-state index contributed by atoms with van der Waals surface area (Å²) in [5, 5.41) is 0. The van der Waals surface area contributed by atoms with E-state index >= 15 is 0 Å². The molecule has 0 aromatic carbocycles. The fourth-order valence-electron chi connectivity index (χ4n) is 1.20. The van der Waals surface area contributed by atoms with Crippen LogP contribution in [0.5, 0.6) is 0 Å². The summed E-state index contributed by atoms with van der Waals surface area (Å²) < 4.78 is 0. The predicted octanol–water partition coefficient (Wildman–Crippen LogP) is 1.47. The van der Waals surface area contributed by atoms with Crippen LogP contribution in [-0.2, 0) is 0 Å². The summed E-state index contributed by atoms with van der Waals surface area (Å²) >= 11 is 0. The summed E-state index contributed by atoms with van der Waals surface area (Å²) in [4.78, 5) is 4.23. The maximum Gasteiger partial charge on any atom is 0.0836 e. The van der Waals surface area contributed by atoms with Gasteiger partial charge in [0.15, 0.2) is 0 Å². The normalized spacial score (nSPS) is 12.5. The molecule has 0 aliphatic rings. The quantitative estimate of drug-likeness (QED) is 0.417. The van der Waals surface area contributed by atoms with E-state index in [-0.39, 0.29) is 6.04 Å². The van der Waals surface area contributed by atoms with Crippen LogP contribution in [0.15, 0.2) is 30.5 Å². The van der Waals surface area contributed by atoms with Gasteiger partial charge < -0.3 is 0 Å². The van der Waals surface area contributed by atoms with Crippen LogP contribution in [0.3, 0.4) is 0 Å². The minimum absolute atomic E-state index is 0.0556. The third kappa shape index (κ3) is 2.37. The highest BCUT2D eigenvalue weighted by atomic mass is 15.2. The molecule has 1 rings (SSSR count). The minimum atomic E-state index is -0.0556. The molecule has 0 saturated heterocycles. The minimum Gasteiger partial charge on any atom is -0.271 e. The number of nitrogens with two attached hydrogens (primary N) is 1. The Kier molecular flexibility index (Phi) is 3.17. The van der Waals surface area contributed by atoms with Crippen molar-refractivity contribution in [2.24, 2.45) is 5.84 Å². The molecule has 0 bridgehead atoms. The lowest BCUT2D eigenvalue weighted by Crippen LogP contribution is -2.29. The van der Waals surface area contributed by atoms with Crippen LogP contribution in [-0.4, -0.2) is 4.98 Å². The third-order valence-corrected chi connectivity index (χ3v) is 1.89. The highest BCUT2D eigenvalue weighted by Gasteiger charge is 2.10. The summed E-state index contributed by atoms with van der Waals surface area (Å²) in [6, 6.07) is 3.90. The Labute approximate surface area is 78.6 Å². The SMILES string of the molecule is C=C(C)C(NN)c1cc(C)ccn1. The van der Waals surface area contributed by atoms with Crippen molar-refractivity contribution in [1.82, 2.24) is 10.4 Å². The van der Waals surface area contributed by atoms with E-state index in [2.05, 4.69) is 17.0 Å². The van der Waals surface area contributed by atoms with Gasteiger partial charge in [0.25, 0.3) is 0 Å². The van der Waals surface area contributed by atoms with E-state index in [1.54, 1.807) is 6.20 Å². The highest BCUT2D eigenvalue weighted by Crippen LogP contribution is 2.17. The fraction of sp³-hybridized carbons (Fsp3) is 0.300. The van der Waals surface area contributed by atoms with Crippen molar-refractivity contribution in [2.45, 2.75) is 19.9 Å². The molecule has 0 spiro atoms. The van der Waals surface area contributed by atoms with Gasteiger partial charge in [-0.25, -0.2) is 5.43 Å². The van der Waals surface area contributed by atoms with Crippen molar-refractivity contribution in [3.63, 3.8) is 0 Å². The lowest BCUT2D eigenvalue weighted by Gasteiger charge is -2.15. The van der Waals surface area contributed by atoms with Gasteiger partial charge in [0.2, 0.25) is 0 Å². The average Bonchev–Trinajstić information content (AvgIpc) is 2.04. The molecule has 0 saturated carbocycles. The fourth-order valence-corrected chi connectivity index (χ4v) is 1.20. The molecule has 1 aromatic heterocycles. The molecule has 13 heavy (non-hydrogen) atoms. The maximum absolute atomic E-state index is 5.40. The van der Waals surface area contributed by atoms with Gasteiger partial charge in [0.05, 0.1) is 11.7 Å². The number of pyridine rings is 1. The molecule has 0 amide bonds. The lowest BCUT2D eigenvalue weighted by atomic mass is 10.1. The summed E-state index contributed by atoms with van der Waals surface area (Å²) in [5.41, 5.74) is 5.73. The molecular formula is C10H15N3. The van der Waals surface area contributed by atoms with Crippen LogP contribution in [0.4, 0.5) is 0 Å². The molecule has 3 N–H and O–H groups in total. The molecule has 0 radical (unpaired) electrons. The molecule has 70 valence electrons. The number of hydrogen-bond donors (Lipinski definition) is 2. The smallest absolute Gasteiger partial charge is 0.0836 e. The van der Waals surface area contributed by atoms with Gasteiger partial charge in [-0.1, -0.05) is 12.2 Å². The van der Waals surface area contributed by atoms with E-state index in [4.69, 9.17) is 5.84 Å². The van der Waals surface area contributed by atoms with Gasteiger partial charge in [0, 0.05) is 6.20 Å². The zero-order chi connectivity index (χ0) is 9.84. The number of hydrazine groups is 1. The van der Waals surface area contributed by atoms with Gasteiger partial charge in [-0.2, -0.15) is 0 Å². The molecule has 0 aliphatic carbocycles. The summed E-state index contributed by atoms with van der Waals surface area (Å²) in [7, 11) is 0. The highest BCUT2D eigenvalue weighted by molar-refractivity contribution is 5.22. The van der Waals surface area contributed by atoms with E-state index in [1.165, 1.54) is 5.56 Å². The molecule has 0 fully saturated rings. The Balaban J connectivity index is 2.98. The Bertz CT molecular complexity index is 307. The number of nitrogens with zero attached hydrogens (tertiary/aromatic N) is 1. The number of aryl methyl sites for hydroxylation is 1. The molecule has 1 aromatic rings. The predicted molar refractivity (Wildman–Crippen MR) is 53.9 cm³/mol. The topological polar surface area (TPSA) is 50.9 Å². The number of nitrogens with one attached hydrogen (secondary N) is 1. The van der Waals surface area contributed by atoms with Crippen LogP contribution < -0.4 is 11.3 Å². The molecule has 1 atom stereocenters. The van der Waals surface area contributed by atoms with Crippen molar-refractivity contribution < 1.29 is 0 Å². The summed E-state index contributed by atoms with van der Waals surface area (Å²) in [5.74, 6) is 5.40. The first kappa shape index (κ1) is 9.89. The standard InChI is InChI=1S/C10H15N3/c1-7(2)10(13-11)9-6-8(3)4-5-12-9/h4-6,10,13H,1,11H2,2-3H3. The summed E-state index contributed by atoms with van der Waals surface area (Å²) in [6.45, 7) is 7.80. The van der Waals surface area contributed by atoms with E-state index < -0.39 is 0 Å². The first-order valence-electron chi connectivity index (χ1n) is 4.19. The molecular weight excluding hydrogens is 162 g/mol. The second-order valence-corrected chi connectivity index (χ2v) is 3.20. The molecule has 1 unspecified atom stereocenters. The van der Waals surface area contributed by atoms with Gasteiger partial charge >= 0.3 is 0 Å². The van der Waals surface area contributed by atoms with E-state index in [1.807, 2.05) is 26.0 Å². The van der Waals surface area contributed by atoms with Gasteiger partial charge in [-0.3, -0.25) is 10.8 Å². The molecule has 3 heteroatoms.